The lowest BCUT2D eigenvalue weighted by atomic mass is 10.1. The molecule has 1 aromatic carbocycles. The molecule has 0 saturated carbocycles. The third kappa shape index (κ3) is 3.44. The molecule has 0 aliphatic heterocycles. The third-order valence-electron chi connectivity index (χ3n) is 2.48. The Morgan fingerprint density at radius 3 is 2.56 bits per heavy atom. The highest BCUT2D eigenvalue weighted by Crippen LogP contribution is 2.28. The number of aliphatic carboxylic acids is 1. The number of benzene rings is 1. The van der Waals surface area contributed by atoms with Crippen LogP contribution >= 0.6 is 0 Å². The molecule has 0 amide bonds. The highest BCUT2D eigenvalue weighted by atomic mass is 16.6. The van der Waals surface area contributed by atoms with Gasteiger partial charge < -0.3 is 9.84 Å². The molecule has 0 radical (unpaired) electrons. The van der Waals surface area contributed by atoms with Gasteiger partial charge in [-0.1, -0.05) is 0 Å². The van der Waals surface area contributed by atoms with E-state index in [0.717, 1.165) is 5.56 Å². The summed E-state index contributed by atoms with van der Waals surface area (Å²) in [5, 5.41) is 19.4. The maximum Gasteiger partial charge on any atom is 0.307 e. The van der Waals surface area contributed by atoms with Crippen LogP contribution in [0, 0.1) is 24.0 Å². The predicted octanol–water partition coefficient (Wildman–Crippen LogP) is 2.45. The number of carboxylic acid groups (broad SMARTS) is 1. The molecule has 0 aromatic heterocycles. The van der Waals surface area contributed by atoms with Crippen LogP contribution in [0.5, 0.6) is 5.75 Å². The fourth-order valence-corrected chi connectivity index (χ4v) is 1.65. The van der Waals surface area contributed by atoms with Crippen molar-refractivity contribution in [2.24, 2.45) is 0 Å². The van der Waals surface area contributed by atoms with Crippen molar-refractivity contribution in [3.05, 3.63) is 33.4 Å². The monoisotopic (exact) mass is 253 g/mol. The Morgan fingerprint density at radius 1 is 1.44 bits per heavy atom. The molecule has 1 aromatic rings. The van der Waals surface area contributed by atoms with Gasteiger partial charge in [0, 0.05) is 5.56 Å². The highest BCUT2D eigenvalue weighted by molar-refractivity contribution is 5.67. The summed E-state index contributed by atoms with van der Waals surface area (Å²) in [4.78, 5) is 20.8. The van der Waals surface area contributed by atoms with Gasteiger partial charge in [0.15, 0.2) is 0 Å². The van der Waals surface area contributed by atoms with Gasteiger partial charge in [-0.3, -0.25) is 14.9 Å². The van der Waals surface area contributed by atoms with Crippen molar-refractivity contribution in [2.45, 2.75) is 33.3 Å². The van der Waals surface area contributed by atoms with Gasteiger partial charge in [0.05, 0.1) is 17.4 Å². The van der Waals surface area contributed by atoms with Gasteiger partial charge in [-0.2, -0.15) is 0 Å². The molecule has 0 unspecified atom stereocenters. The van der Waals surface area contributed by atoms with Crippen molar-refractivity contribution in [2.75, 3.05) is 0 Å². The van der Waals surface area contributed by atoms with Crippen molar-refractivity contribution in [1.29, 1.82) is 0 Å². The quantitative estimate of drug-likeness (QED) is 0.643. The summed E-state index contributed by atoms with van der Waals surface area (Å²) >= 11 is 0. The Hall–Kier alpha value is -2.11. The number of nitrogens with zero attached hydrogens (tertiary/aromatic N) is 1. The summed E-state index contributed by atoms with van der Waals surface area (Å²) in [6, 6.07) is 2.99. The molecular formula is C12H15NO5. The van der Waals surface area contributed by atoms with Crippen molar-refractivity contribution in [3.8, 4) is 5.75 Å². The second kappa shape index (κ2) is 5.48. The molecule has 18 heavy (non-hydrogen) atoms. The van der Waals surface area contributed by atoms with E-state index >= 15 is 0 Å². The van der Waals surface area contributed by atoms with Crippen molar-refractivity contribution in [3.63, 3.8) is 0 Å². The van der Waals surface area contributed by atoms with Gasteiger partial charge in [-0.05, 0) is 32.4 Å². The first kappa shape index (κ1) is 14.0. The second-order valence-electron chi connectivity index (χ2n) is 4.19. The molecular weight excluding hydrogens is 238 g/mol. The number of rotatable bonds is 5. The minimum atomic E-state index is -0.971. The number of nitro benzene ring substituents is 1. The van der Waals surface area contributed by atoms with Crippen molar-refractivity contribution in [1.82, 2.24) is 0 Å². The fraction of sp³-hybridized carbons (Fsp3) is 0.417. The second-order valence-corrected chi connectivity index (χ2v) is 4.19. The van der Waals surface area contributed by atoms with E-state index in [1.807, 2.05) is 0 Å². The smallest absolute Gasteiger partial charge is 0.307 e. The maximum absolute atomic E-state index is 10.8. The van der Waals surface area contributed by atoms with E-state index in [2.05, 4.69) is 0 Å². The number of hydrogen-bond acceptors (Lipinski definition) is 4. The molecule has 0 bridgehead atoms. The van der Waals surface area contributed by atoms with Gasteiger partial charge in [-0.15, -0.1) is 0 Å². The molecule has 1 rings (SSSR count). The Kier molecular flexibility index (Phi) is 4.25. The number of aryl methyl sites for hydroxylation is 2. The minimum Gasteiger partial charge on any atom is -0.490 e. The Morgan fingerprint density at radius 2 is 2.06 bits per heavy atom. The first-order valence-electron chi connectivity index (χ1n) is 5.45. The average molecular weight is 253 g/mol. The van der Waals surface area contributed by atoms with Crippen LogP contribution in [0.15, 0.2) is 12.1 Å². The lowest BCUT2D eigenvalue weighted by Crippen LogP contribution is -2.17. The number of nitro groups is 1. The zero-order valence-electron chi connectivity index (χ0n) is 10.5. The first-order chi connectivity index (χ1) is 8.31. The molecule has 0 spiro atoms. The number of ether oxygens (including phenoxy) is 1. The van der Waals surface area contributed by atoms with Crippen LogP contribution in [0.1, 0.15) is 24.5 Å². The van der Waals surface area contributed by atoms with Crippen LogP contribution < -0.4 is 4.74 Å². The molecule has 1 N–H and O–H groups in total. The van der Waals surface area contributed by atoms with Gasteiger partial charge in [0.25, 0.3) is 5.69 Å². The number of carbonyl (C=O) groups is 1. The maximum atomic E-state index is 10.8. The molecule has 1 atom stereocenters. The van der Waals surface area contributed by atoms with E-state index in [0.29, 0.717) is 11.3 Å². The average Bonchev–Trinajstić information content (AvgIpc) is 2.20. The Balaban J connectivity index is 2.98. The lowest BCUT2D eigenvalue weighted by Gasteiger charge is -2.15. The van der Waals surface area contributed by atoms with Crippen LogP contribution in [-0.2, 0) is 4.79 Å². The molecule has 0 heterocycles. The summed E-state index contributed by atoms with van der Waals surface area (Å²) in [7, 11) is 0. The Labute approximate surface area is 104 Å². The fourth-order valence-electron chi connectivity index (χ4n) is 1.65. The van der Waals surface area contributed by atoms with Crippen LogP contribution in [0.3, 0.4) is 0 Å². The zero-order valence-corrected chi connectivity index (χ0v) is 10.5. The largest absolute Gasteiger partial charge is 0.490 e. The molecule has 0 aliphatic rings. The molecule has 0 saturated heterocycles. The van der Waals surface area contributed by atoms with E-state index < -0.39 is 17.0 Å². The number of carboxylic acids is 1. The van der Waals surface area contributed by atoms with Gasteiger partial charge in [-0.25, -0.2) is 0 Å². The van der Waals surface area contributed by atoms with Gasteiger partial charge in [0.2, 0.25) is 0 Å². The third-order valence-corrected chi connectivity index (χ3v) is 2.48. The lowest BCUT2D eigenvalue weighted by molar-refractivity contribution is -0.385. The summed E-state index contributed by atoms with van der Waals surface area (Å²) in [5.74, 6) is -0.622. The van der Waals surface area contributed by atoms with E-state index in [1.54, 1.807) is 26.8 Å². The molecule has 0 fully saturated rings. The van der Waals surface area contributed by atoms with E-state index in [-0.39, 0.29) is 12.1 Å². The SMILES string of the molecule is Cc1cc(C)c([N+](=O)[O-])cc1O[C@@H](C)CC(=O)O. The first-order valence-corrected chi connectivity index (χ1v) is 5.45. The van der Waals surface area contributed by atoms with Gasteiger partial charge in [0.1, 0.15) is 11.9 Å². The standard InChI is InChI=1S/C12H15NO5/c1-7-4-8(2)11(6-10(7)13(16)17)18-9(3)5-12(14)15/h4,6,9H,5H2,1-3H3,(H,14,15)/t9-/m0/s1. The molecule has 6 nitrogen and oxygen atoms in total. The van der Waals surface area contributed by atoms with Crippen LogP contribution in [-0.4, -0.2) is 22.1 Å². The van der Waals surface area contributed by atoms with Crippen molar-refractivity contribution < 1.29 is 19.6 Å². The summed E-state index contributed by atoms with van der Waals surface area (Å²) in [6.07, 6.45) is -0.690. The zero-order chi connectivity index (χ0) is 13.9. The van der Waals surface area contributed by atoms with Gasteiger partial charge >= 0.3 is 5.97 Å². The summed E-state index contributed by atoms with van der Waals surface area (Å²) in [6.45, 7) is 5.02. The summed E-state index contributed by atoms with van der Waals surface area (Å²) < 4.78 is 5.42. The molecule has 98 valence electrons. The number of hydrogen-bond donors (Lipinski definition) is 1. The predicted molar refractivity (Wildman–Crippen MR) is 64.9 cm³/mol. The minimum absolute atomic E-state index is 0.0295. The normalized spacial score (nSPS) is 11.9. The van der Waals surface area contributed by atoms with Crippen LogP contribution in [0.2, 0.25) is 0 Å². The van der Waals surface area contributed by atoms with Crippen LogP contribution in [0.4, 0.5) is 5.69 Å². The van der Waals surface area contributed by atoms with Crippen LogP contribution in [0.25, 0.3) is 0 Å². The van der Waals surface area contributed by atoms with Crippen molar-refractivity contribution >= 4 is 11.7 Å². The van der Waals surface area contributed by atoms with E-state index in [9.17, 15) is 14.9 Å². The molecule has 6 heteroatoms. The summed E-state index contributed by atoms with van der Waals surface area (Å²) in [5.41, 5.74) is 1.27. The topological polar surface area (TPSA) is 89.7 Å². The van der Waals surface area contributed by atoms with E-state index in [1.165, 1.54) is 6.07 Å². The molecule has 0 aliphatic carbocycles. The van der Waals surface area contributed by atoms with E-state index in [4.69, 9.17) is 9.84 Å². The highest BCUT2D eigenvalue weighted by Gasteiger charge is 2.17. The Bertz CT molecular complexity index is 484.